The van der Waals surface area contributed by atoms with E-state index in [-0.39, 0.29) is 36.9 Å². The molecule has 2 amide bonds. The van der Waals surface area contributed by atoms with Crippen LogP contribution in [0.3, 0.4) is 0 Å². The predicted molar refractivity (Wildman–Crippen MR) is 130 cm³/mol. The van der Waals surface area contributed by atoms with Gasteiger partial charge in [0.05, 0.1) is 0 Å². The molecule has 0 radical (unpaired) electrons. The van der Waals surface area contributed by atoms with E-state index in [1.807, 2.05) is 36.4 Å². The van der Waals surface area contributed by atoms with Crippen molar-refractivity contribution >= 4 is 23.8 Å². The molecule has 182 valence electrons. The Kier molecular flexibility index (Phi) is 6.59. The van der Waals surface area contributed by atoms with Gasteiger partial charge in [0, 0.05) is 19.0 Å². The molecule has 35 heavy (non-hydrogen) atoms. The topological polar surface area (TPSA) is 123 Å². The summed E-state index contributed by atoms with van der Waals surface area (Å²) in [5.74, 6) is -1.64. The number of hydrogen-bond donors (Lipinski definition) is 3. The van der Waals surface area contributed by atoms with Crippen LogP contribution >= 0.6 is 0 Å². The summed E-state index contributed by atoms with van der Waals surface area (Å²) < 4.78 is 6.81. The van der Waals surface area contributed by atoms with Crippen LogP contribution in [-0.2, 0) is 16.6 Å². The summed E-state index contributed by atoms with van der Waals surface area (Å²) in [5, 5.41) is 18.9. The third-order valence-electron chi connectivity index (χ3n) is 6.66. The van der Waals surface area contributed by atoms with Gasteiger partial charge in [-0.15, -0.1) is 0 Å². The van der Waals surface area contributed by atoms with Crippen LogP contribution in [0.25, 0.3) is 11.1 Å². The normalized spacial score (nSPS) is 12.5. The molecule has 0 aliphatic heterocycles. The molecular weight excluding hydrogens is 448 g/mol. The Balaban J connectivity index is 1.43. The van der Waals surface area contributed by atoms with Crippen LogP contribution < -0.4 is 10.6 Å². The fourth-order valence-electron chi connectivity index (χ4n) is 4.54. The fraction of sp³-hybridized carbons (Fsp3) is 0.308. The van der Waals surface area contributed by atoms with Gasteiger partial charge in [-0.25, -0.2) is 9.59 Å². The predicted octanol–water partition coefficient (Wildman–Crippen LogP) is 4.15. The van der Waals surface area contributed by atoms with Crippen LogP contribution in [0.15, 0.2) is 54.6 Å². The summed E-state index contributed by atoms with van der Waals surface area (Å²) in [6, 6.07) is 17.5. The number of amides is 2. The van der Waals surface area contributed by atoms with E-state index in [4.69, 9.17) is 4.74 Å². The van der Waals surface area contributed by atoms with E-state index in [0.29, 0.717) is 0 Å². The Morgan fingerprint density at radius 1 is 1.03 bits per heavy atom. The molecule has 1 aliphatic carbocycles. The van der Waals surface area contributed by atoms with E-state index in [0.717, 1.165) is 22.3 Å². The fourth-order valence-corrected chi connectivity index (χ4v) is 4.54. The summed E-state index contributed by atoms with van der Waals surface area (Å²) in [6.07, 6.45) is -0.237. The maximum absolute atomic E-state index is 12.8. The van der Waals surface area contributed by atoms with Crippen molar-refractivity contribution in [3.63, 3.8) is 0 Å². The van der Waals surface area contributed by atoms with Gasteiger partial charge in [-0.3, -0.25) is 14.8 Å². The number of carbonyl (C=O) groups is 3. The molecule has 1 aliphatic rings. The number of rotatable bonds is 8. The highest BCUT2D eigenvalue weighted by atomic mass is 16.5. The molecule has 0 saturated carbocycles. The number of benzene rings is 2. The van der Waals surface area contributed by atoms with Crippen molar-refractivity contribution in [2.24, 2.45) is 7.05 Å². The number of aromatic nitrogens is 2. The second kappa shape index (κ2) is 9.61. The first-order valence-electron chi connectivity index (χ1n) is 11.5. The van der Waals surface area contributed by atoms with Crippen molar-refractivity contribution < 1.29 is 24.2 Å². The minimum Gasteiger partial charge on any atom is -0.480 e. The number of aryl methyl sites for hydroxylation is 1. The molecule has 0 saturated heterocycles. The number of carboxylic acid groups (broad SMARTS) is 1. The zero-order valence-electron chi connectivity index (χ0n) is 19.9. The van der Waals surface area contributed by atoms with Crippen molar-refractivity contribution in [1.29, 1.82) is 0 Å². The van der Waals surface area contributed by atoms with Gasteiger partial charge in [0.25, 0.3) is 5.91 Å². The lowest BCUT2D eigenvalue weighted by Crippen LogP contribution is -2.54. The number of aliphatic carboxylic acids is 1. The Morgan fingerprint density at radius 2 is 1.60 bits per heavy atom. The summed E-state index contributed by atoms with van der Waals surface area (Å²) in [7, 11) is 1.54. The summed E-state index contributed by atoms with van der Waals surface area (Å²) >= 11 is 0. The number of nitrogens with one attached hydrogen (secondary N) is 2. The van der Waals surface area contributed by atoms with Gasteiger partial charge in [0.2, 0.25) is 0 Å². The minimum atomic E-state index is -1.37. The van der Waals surface area contributed by atoms with E-state index < -0.39 is 23.5 Å². The molecule has 3 aromatic rings. The summed E-state index contributed by atoms with van der Waals surface area (Å²) in [4.78, 5) is 37.0. The maximum atomic E-state index is 12.8. The van der Waals surface area contributed by atoms with E-state index in [9.17, 15) is 19.5 Å². The minimum absolute atomic E-state index is 0.0783. The second-order valence-electron chi connectivity index (χ2n) is 8.54. The number of hydrogen-bond acceptors (Lipinski definition) is 5. The van der Waals surface area contributed by atoms with Crippen LogP contribution in [0.2, 0.25) is 0 Å². The molecule has 1 heterocycles. The lowest BCUT2D eigenvalue weighted by Gasteiger charge is -2.27. The molecule has 0 bridgehead atoms. The zero-order chi connectivity index (χ0) is 25.2. The molecule has 0 atom stereocenters. The van der Waals surface area contributed by atoms with Gasteiger partial charge in [-0.05, 0) is 35.1 Å². The van der Waals surface area contributed by atoms with Gasteiger partial charge in [-0.1, -0.05) is 62.4 Å². The largest absolute Gasteiger partial charge is 0.480 e. The van der Waals surface area contributed by atoms with Crippen LogP contribution in [-0.4, -0.2) is 45.0 Å². The highest BCUT2D eigenvalue weighted by Gasteiger charge is 2.37. The first-order valence-corrected chi connectivity index (χ1v) is 11.5. The quantitative estimate of drug-likeness (QED) is 0.449. The van der Waals surface area contributed by atoms with Gasteiger partial charge in [-0.2, -0.15) is 5.10 Å². The van der Waals surface area contributed by atoms with Crippen LogP contribution in [0.1, 0.15) is 54.2 Å². The molecular formula is C26H28N4O5. The smallest absolute Gasteiger partial charge is 0.412 e. The lowest BCUT2D eigenvalue weighted by molar-refractivity contribution is -0.144. The Bertz CT molecular complexity index is 1230. The molecule has 0 fully saturated rings. The standard InChI is InChI=1S/C26H28N4O5/c1-4-26(5-2,24(32)33)28-23(31)21-14-22(29-30(21)3)27-25(34)35-15-20-18-12-8-6-10-16(18)17-11-7-9-13-19(17)20/h6-14,20H,4-5,15H2,1-3H3,(H,28,31)(H,32,33)(H,27,29,34). The highest BCUT2D eigenvalue weighted by Crippen LogP contribution is 2.44. The van der Waals surface area contributed by atoms with Gasteiger partial charge in [0.15, 0.2) is 5.82 Å². The van der Waals surface area contributed by atoms with Gasteiger partial charge < -0.3 is 15.2 Å². The molecule has 1 aromatic heterocycles. The van der Waals surface area contributed by atoms with E-state index in [2.05, 4.69) is 27.9 Å². The third-order valence-corrected chi connectivity index (χ3v) is 6.66. The number of nitrogens with zero attached hydrogens (tertiary/aromatic N) is 2. The van der Waals surface area contributed by atoms with Gasteiger partial charge >= 0.3 is 12.1 Å². The average Bonchev–Trinajstić information content (AvgIpc) is 3.38. The number of carbonyl (C=O) groups excluding carboxylic acids is 2. The molecule has 2 aromatic carbocycles. The van der Waals surface area contributed by atoms with E-state index in [1.165, 1.54) is 17.8 Å². The van der Waals surface area contributed by atoms with Crippen molar-refractivity contribution in [2.45, 2.75) is 38.1 Å². The first kappa shape index (κ1) is 24.0. The molecule has 4 rings (SSSR count). The summed E-state index contributed by atoms with van der Waals surface area (Å²) in [5.41, 5.74) is 3.22. The number of carboxylic acids is 1. The third kappa shape index (κ3) is 4.49. The SMILES string of the molecule is CCC(CC)(NC(=O)c1cc(NC(=O)OCC2c3ccccc3-c3ccccc32)nn1C)C(=O)O. The molecule has 9 heteroatoms. The Morgan fingerprint density at radius 3 is 2.14 bits per heavy atom. The van der Waals surface area contributed by atoms with E-state index in [1.54, 1.807) is 13.8 Å². The monoisotopic (exact) mass is 476 g/mol. The molecule has 0 unspecified atom stereocenters. The Hall–Kier alpha value is -4.14. The first-order chi connectivity index (χ1) is 16.8. The van der Waals surface area contributed by atoms with Crippen LogP contribution in [0, 0.1) is 0 Å². The number of ether oxygens (including phenoxy) is 1. The van der Waals surface area contributed by atoms with Crippen LogP contribution in [0.4, 0.5) is 10.6 Å². The average molecular weight is 477 g/mol. The van der Waals surface area contributed by atoms with Gasteiger partial charge in [0.1, 0.15) is 17.8 Å². The van der Waals surface area contributed by atoms with Crippen molar-refractivity contribution in [2.75, 3.05) is 11.9 Å². The summed E-state index contributed by atoms with van der Waals surface area (Å²) in [6.45, 7) is 3.55. The maximum Gasteiger partial charge on any atom is 0.412 e. The number of fused-ring (bicyclic) bond motifs is 3. The second-order valence-corrected chi connectivity index (χ2v) is 8.54. The van der Waals surface area contributed by atoms with Crippen LogP contribution in [0.5, 0.6) is 0 Å². The Labute approximate surface area is 203 Å². The van der Waals surface area contributed by atoms with Crippen molar-refractivity contribution in [3.8, 4) is 11.1 Å². The van der Waals surface area contributed by atoms with Crippen molar-refractivity contribution in [1.82, 2.24) is 15.1 Å². The lowest BCUT2D eigenvalue weighted by atomic mass is 9.93. The van der Waals surface area contributed by atoms with E-state index >= 15 is 0 Å². The number of anilines is 1. The molecule has 0 spiro atoms. The zero-order valence-corrected chi connectivity index (χ0v) is 19.9. The highest BCUT2D eigenvalue weighted by molar-refractivity contribution is 5.98. The van der Waals surface area contributed by atoms with Crippen molar-refractivity contribution in [3.05, 3.63) is 71.4 Å². The molecule has 9 nitrogen and oxygen atoms in total. The molecule has 3 N–H and O–H groups in total.